The largest absolute Gasteiger partial charge is 0.367 e. The number of hydrogen-bond donors (Lipinski definition) is 1. The van der Waals surface area contributed by atoms with Crippen LogP contribution in [0.4, 0.5) is 5.82 Å². The Kier molecular flexibility index (Phi) is 2.51. The summed E-state index contributed by atoms with van der Waals surface area (Å²) in [5, 5.41) is 4.10. The third kappa shape index (κ3) is 2.01. The van der Waals surface area contributed by atoms with Gasteiger partial charge in [0, 0.05) is 17.5 Å². The van der Waals surface area contributed by atoms with Gasteiger partial charge in [0.05, 0.1) is 0 Å². The molecule has 0 aromatic carbocycles. The molecule has 0 bridgehead atoms. The lowest BCUT2D eigenvalue weighted by atomic mass is 10.2. The molecule has 3 rings (SSSR count). The van der Waals surface area contributed by atoms with Crippen molar-refractivity contribution in [1.29, 1.82) is 0 Å². The van der Waals surface area contributed by atoms with Crippen molar-refractivity contribution >= 4 is 17.4 Å². The van der Waals surface area contributed by atoms with Gasteiger partial charge in [-0.05, 0) is 32.1 Å². The highest BCUT2D eigenvalue weighted by atomic mass is 35.5. The van der Waals surface area contributed by atoms with Gasteiger partial charge in [0.2, 0.25) is 0 Å². The summed E-state index contributed by atoms with van der Waals surface area (Å²) in [5.41, 5.74) is 1.07. The monoisotopic (exact) mass is 237 g/mol. The summed E-state index contributed by atoms with van der Waals surface area (Å²) in [6.45, 7) is 2.10. The van der Waals surface area contributed by atoms with E-state index in [-0.39, 0.29) is 0 Å². The molecule has 2 aliphatic rings. The zero-order valence-electron chi connectivity index (χ0n) is 9.46. The number of aromatic nitrogens is 2. The van der Waals surface area contributed by atoms with Gasteiger partial charge in [0.15, 0.2) is 0 Å². The average Bonchev–Trinajstić information content (AvgIpc) is 3.12. The van der Waals surface area contributed by atoms with Gasteiger partial charge in [-0.3, -0.25) is 0 Å². The van der Waals surface area contributed by atoms with Gasteiger partial charge in [-0.25, -0.2) is 9.97 Å². The molecular formula is C12H16ClN3. The second kappa shape index (κ2) is 3.88. The molecule has 0 amide bonds. The van der Waals surface area contributed by atoms with Gasteiger partial charge in [-0.15, -0.1) is 0 Å². The summed E-state index contributed by atoms with van der Waals surface area (Å²) >= 11 is 6.22. The van der Waals surface area contributed by atoms with E-state index < -0.39 is 0 Å². The van der Waals surface area contributed by atoms with Crippen molar-refractivity contribution in [2.45, 2.75) is 51.0 Å². The molecule has 0 unspecified atom stereocenters. The van der Waals surface area contributed by atoms with Gasteiger partial charge >= 0.3 is 0 Å². The summed E-state index contributed by atoms with van der Waals surface area (Å²) in [6.07, 6.45) is 5.82. The molecule has 2 fully saturated rings. The van der Waals surface area contributed by atoms with E-state index in [1.807, 2.05) is 0 Å². The van der Waals surface area contributed by atoms with E-state index in [4.69, 9.17) is 11.6 Å². The molecule has 0 aliphatic heterocycles. The van der Waals surface area contributed by atoms with Crippen LogP contribution in [-0.4, -0.2) is 16.0 Å². The van der Waals surface area contributed by atoms with Crippen LogP contribution in [-0.2, 0) is 6.42 Å². The normalized spacial score (nSPS) is 19.9. The number of nitrogens with one attached hydrogen (secondary N) is 1. The van der Waals surface area contributed by atoms with Gasteiger partial charge in [-0.2, -0.15) is 0 Å². The topological polar surface area (TPSA) is 37.8 Å². The Bertz CT molecular complexity index is 411. The molecule has 4 heteroatoms. The van der Waals surface area contributed by atoms with E-state index in [0.717, 1.165) is 23.6 Å². The number of nitrogens with zero attached hydrogens (tertiary/aromatic N) is 2. The quantitative estimate of drug-likeness (QED) is 0.818. The van der Waals surface area contributed by atoms with E-state index in [0.29, 0.717) is 17.1 Å². The molecule has 16 heavy (non-hydrogen) atoms. The molecule has 86 valence electrons. The predicted octanol–water partition coefficient (Wildman–Crippen LogP) is 3.14. The Morgan fingerprint density at radius 3 is 2.56 bits per heavy atom. The molecule has 2 aliphatic carbocycles. The Labute approximate surface area is 101 Å². The highest BCUT2D eigenvalue weighted by molar-refractivity contribution is 6.30. The van der Waals surface area contributed by atoms with E-state index >= 15 is 0 Å². The lowest BCUT2D eigenvalue weighted by Crippen LogP contribution is -2.09. The molecule has 1 heterocycles. The predicted molar refractivity (Wildman–Crippen MR) is 65.0 cm³/mol. The first-order chi connectivity index (χ1) is 7.78. The van der Waals surface area contributed by atoms with Crippen LogP contribution < -0.4 is 5.32 Å². The van der Waals surface area contributed by atoms with Crippen molar-refractivity contribution in [2.24, 2.45) is 0 Å². The zero-order chi connectivity index (χ0) is 11.1. The Hall–Kier alpha value is -0.830. The summed E-state index contributed by atoms with van der Waals surface area (Å²) in [7, 11) is 0. The second-order valence-electron chi connectivity index (χ2n) is 4.75. The van der Waals surface area contributed by atoms with Crippen molar-refractivity contribution < 1.29 is 0 Å². The fourth-order valence-corrected chi connectivity index (χ4v) is 2.16. The maximum atomic E-state index is 6.22. The van der Waals surface area contributed by atoms with Crippen LogP contribution in [0.3, 0.4) is 0 Å². The molecule has 0 atom stereocenters. The van der Waals surface area contributed by atoms with Crippen molar-refractivity contribution in [3.63, 3.8) is 0 Å². The maximum Gasteiger partial charge on any atom is 0.138 e. The second-order valence-corrected chi connectivity index (χ2v) is 5.10. The average molecular weight is 238 g/mol. The fraction of sp³-hybridized carbons (Fsp3) is 0.667. The van der Waals surface area contributed by atoms with Gasteiger partial charge in [0.25, 0.3) is 0 Å². The molecule has 0 spiro atoms. The van der Waals surface area contributed by atoms with E-state index in [9.17, 15) is 0 Å². The number of halogens is 1. The van der Waals surface area contributed by atoms with Gasteiger partial charge < -0.3 is 5.32 Å². The molecule has 2 saturated carbocycles. The molecule has 1 aromatic heterocycles. The minimum absolute atomic E-state index is 0.558. The van der Waals surface area contributed by atoms with Gasteiger partial charge in [0.1, 0.15) is 16.8 Å². The third-order valence-electron chi connectivity index (χ3n) is 3.19. The van der Waals surface area contributed by atoms with Crippen molar-refractivity contribution in [3.8, 4) is 0 Å². The number of anilines is 1. The summed E-state index contributed by atoms with van der Waals surface area (Å²) in [5.74, 6) is 2.47. The smallest absolute Gasteiger partial charge is 0.138 e. The molecule has 3 nitrogen and oxygen atoms in total. The minimum atomic E-state index is 0.558. The van der Waals surface area contributed by atoms with Crippen LogP contribution in [0.1, 0.15) is 49.9 Å². The highest BCUT2D eigenvalue weighted by Gasteiger charge is 2.29. The Balaban J connectivity index is 1.95. The van der Waals surface area contributed by atoms with Crippen molar-refractivity contribution in [1.82, 2.24) is 9.97 Å². The summed E-state index contributed by atoms with van der Waals surface area (Å²) < 4.78 is 0. The molecule has 1 aromatic rings. The molecule has 0 saturated heterocycles. The SMILES string of the molecule is CCc1c(Cl)nc(C2CC2)nc1NC1CC1. The van der Waals surface area contributed by atoms with Gasteiger partial charge in [-0.1, -0.05) is 18.5 Å². The molecule has 0 radical (unpaired) electrons. The minimum Gasteiger partial charge on any atom is -0.367 e. The summed E-state index contributed by atoms with van der Waals surface area (Å²) in [4.78, 5) is 9.05. The standard InChI is InChI=1S/C12H16ClN3/c1-2-9-10(13)15-11(7-3-4-7)16-12(9)14-8-5-6-8/h7-8H,2-6H2,1H3,(H,14,15,16). The summed E-state index contributed by atoms with van der Waals surface area (Å²) in [6, 6.07) is 0.614. The number of rotatable bonds is 4. The first-order valence-electron chi connectivity index (χ1n) is 6.10. The van der Waals surface area contributed by atoms with Crippen molar-refractivity contribution in [2.75, 3.05) is 5.32 Å². The Morgan fingerprint density at radius 2 is 2.00 bits per heavy atom. The highest BCUT2D eigenvalue weighted by Crippen LogP contribution is 2.40. The molecule has 1 N–H and O–H groups in total. The van der Waals surface area contributed by atoms with E-state index in [1.54, 1.807) is 0 Å². The first-order valence-corrected chi connectivity index (χ1v) is 6.48. The third-order valence-corrected chi connectivity index (χ3v) is 3.50. The van der Waals surface area contributed by atoms with Crippen LogP contribution in [0, 0.1) is 0 Å². The lowest BCUT2D eigenvalue weighted by Gasteiger charge is -2.12. The van der Waals surface area contributed by atoms with E-state index in [2.05, 4.69) is 22.2 Å². The van der Waals surface area contributed by atoms with Crippen LogP contribution in [0.15, 0.2) is 0 Å². The Morgan fingerprint density at radius 1 is 1.25 bits per heavy atom. The zero-order valence-corrected chi connectivity index (χ0v) is 10.2. The maximum absolute atomic E-state index is 6.22. The van der Waals surface area contributed by atoms with Crippen LogP contribution in [0.25, 0.3) is 0 Å². The van der Waals surface area contributed by atoms with Crippen LogP contribution in [0.5, 0.6) is 0 Å². The first kappa shape index (κ1) is 10.3. The van der Waals surface area contributed by atoms with Crippen LogP contribution >= 0.6 is 11.6 Å². The van der Waals surface area contributed by atoms with E-state index in [1.165, 1.54) is 25.7 Å². The fourth-order valence-electron chi connectivity index (χ4n) is 1.85. The van der Waals surface area contributed by atoms with Crippen LogP contribution in [0.2, 0.25) is 5.15 Å². The number of hydrogen-bond acceptors (Lipinski definition) is 3. The lowest BCUT2D eigenvalue weighted by molar-refractivity contribution is 0.897. The molecular weight excluding hydrogens is 222 g/mol. The van der Waals surface area contributed by atoms with Crippen molar-refractivity contribution in [3.05, 3.63) is 16.5 Å².